The molecule has 1 heterocycles. The number of hydrogen-bond acceptors (Lipinski definition) is 4. The monoisotopic (exact) mass is 257 g/mol. The molecule has 1 aliphatic heterocycles. The Bertz CT molecular complexity index is 247. The van der Waals surface area contributed by atoms with E-state index in [0.717, 1.165) is 45.6 Å². The van der Waals surface area contributed by atoms with Gasteiger partial charge in [0.15, 0.2) is 0 Å². The molecule has 5 nitrogen and oxygen atoms in total. The highest BCUT2D eigenvalue weighted by Gasteiger charge is 2.36. The summed E-state index contributed by atoms with van der Waals surface area (Å²) in [5, 5.41) is 3.38. The second kappa shape index (κ2) is 7.71. The Morgan fingerprint density at radius 3 is 2.67 bits per heavy atom. The van der Waals surface area contributed by atoms with Gasteiger partial charge in [0.05, 0.1) is 5.54 Å². The van der Waals surface area contributed by atoms with Crippen molar-refractivity contribution in [1.82, 2.24) is 10.2 Å². The normalized spacial score (nSPS) is 25.1. The van der Waals surface area contributed by atoms with Gasteiger partial charge >= 0.3 is 0 Å². The summed E-state index contributed by atoms with van der Waals surface area (Å²) in [6, 6.07) is 0. The van der Waals surface area contributed by atoms with Crippen LogP contribution >= 0.6 is 0 Å². The number of nitrogens with zero attached hydrogens (tertiary/aromatic N) is 1. The third-order valence-electron chi connectivity index (χ3n) is 3.82. The predicted octanol–water partition coefficient (Wildman–Crippen LogP) is 0.342. The molecule has 0 aliphatic carbocycles. The summed E-state index contributed by atoms with van der Waals surface area (Å²) >= 11 is 0. The SMILES string of the molecule is CCN(CC)CCNC1(C(N)=O)CCCOCC1. The smallest absolute Gasteiger partial charge is 0.237 e. The summed E-state index contributed by atoms with van der Waals surface area (Å²) in [5.74, 6) is -0.243. The molecule has 1 atom stereocenters. The first-order chi connectivity index (χ1) is 8.64. The number of carbonyl (C=O) groups is 1. The van der Waals surface area contributed by atoms with Gasteiger partial charge in [-0.15, -0.1) is 0 Å². The highest BCUT2D eigenvalue weighted by Crippen LogP contribution is 2.20. The van der Waals surface area contributed by atoms with E-state index in [4.69, 9.17) is 10.5 Å². The molecule has 1 unspecified atom stereocenters. The van der Waals surface area contributed by atoms with Crippen molar-refractivity contribution in [2.24, 2.45) is 5.73 Å². The van der Waals surface area contributed by atoms with Gasteiger partial charge < -0.3 is 20.7 Å². The highest BCUT2D eigenvalue weighted by molar-refractivity contribution is 5.84. The zero-order valence-corrected chi connectivity index (χ0v) is 11.7. The maximum atomic E-state index is 11.7. The van der Waals surface area contributed by atoms with Crippen LogP contribution in [0.15, 0.2) is 0 Å². The third-order valence-corrected chi connectivity index (χ3v) is 3.82. The van der Waals surface area contributed by atoms with Crippen LogP contribution in [-0.4, -0.2) is 55.7 Å². The molecule has 0 aromatic rings. The molecule has 0 saturated carbocycles. The summed E-state index contributed by atoms with van der Waals surface area (Å²) in [6.45, 7) is 9.44. The second-order valence-electron chi connectivity index (χ2n) is 4.87. The van der Waals surface area contributed by atoms with Gasteiger partial charge in [0.25, 0.3) is 0 Å². The zero-order chi connectivity index (χ0) is 13.4. The average Bonchev–Trinajstić information content (AvgIpc) is 2.61. The van der Waals surface area contributed by atoms with Crippen LogP contribution in [0.25, 0.3) is 0 Å². The molecular formula is C13H27N3O2. The Balaban J connectivity index is 2.49. The Morgan fingerprint density at radius 2 is 2.06 bits per heavy atom. The number of amides is 1. The van der Waals surface area contributed by atoms with Crippen LogP contribution in [0.4, 0.5) is 0 Å². The van der Waals surface area contributed by atoms with Crippen LogP contribution in [0.5, 0.6) is 0 Å². The van der Waals surface area contributed by atoms with E-state index >= 15 is 0 Å². The van der Waals surface area contributed by atoms with E-state index in [2.05, 4.69) is 24.1 Å². The van der Waals surface area contributed by atoms with Gasteiger partial charge in [0, 0.05) is 26.3 Å². The number of ether oxygens (including phenoxy) is 1. The van der Waals surface area contributed by atoms with Gasteiger partial charge in [0.1, 0.15) is 0 Å². The average molecular weight is 257 g/mol. The number of hydrogen-bond donors (Lipinski definition) is 2. The number of primary amides is 1. The minimum absolute atomic E-state index is 0.243. The Kier molecular flexibility index (Phi) is 6.60. The lowest BCUT2D eigenvalue weighted by Gasteiger charge is -2.31. The Labute approximate surface area is 110 Å². The molecule has 18 heavy (non-hydrogen) atoms. The standard InChI is InChI=1S/C13H27N3O2/c1-3-16(4-2)9-8-15-13(12(14)17)6-5-10-18-11-7-13/h15H,3-11H2,1-2H3,(H2,14,17). The van der Waals surface area contributed by atoms with Gasteiger partial charge in [-0.2, -0.15) is 0 Å². The molecule has 5 heteroatoms. The molecule has 1 fully saturated rings. The lowest BCUT2D eigenvalue weighted by atomic mass is 9.89. The van der Waals surface area contributed by atoms with Crippen molar-refractivity contribution in [3.05, 3.63) is 0 Å². The zero-order valence-electron chi connectivity index (χ0n) is 11.7. The van der Waals surface area contributed by atoms with Crippen LogP contribution in [0, 0.1) is 0 Å². The fourth-order valence-corrected chi connectivity index (χ4v) is 2.45. The molecule has 1 aliphatic rings. The maximum Gasteiger partial charge on any atom is 0.237 e. The van der Waals surface area contributed by atoms with Crippen LogP contribution in [0.3, 0.4) is 0 Å². The summed E-state index contributed by atoms with van der Waals surface area (Å²) in [7, 11) is 0. The van der Waals surface area contributed by atoms with Crippen molar-refractivity contribution in [1.29, 1.82) is 0 Å². The molecular weight excluding hydrogens is 230 g/mol. The molecule has 0 bridgehead atoms. The van der Waals surface area contributed by atoms with Gasteiger partial charge in [0.2, 0.25) is 5.91 Å². The van der Waals surface area contributed by atoms with Crippen molar-refractivity contribution < 1.29 is 9.53 Å². The minimum Gasteiger partial charge on any atom is -0.381 e. The molecule has 0 radical (unpaired) electrons. The fourth-order valence-electron chi connectivity index (χ4n) is 2.45. The van der Waals surface area contributed by atoms with Gasteiger partial charge in [-0.25, -0.2) is 0 Å². The van der Waals surface area contributed by atoms with E-state index in [9.17, 15) is 4.79 Å². The quantitative estimate of drug-likeness (QED) is 0.690. The highest BCUT2D eigenvalue weighted by atomic mass is 16.5. The van der Waals surface area contributed by atoms with E-state index in [-0.39, 0.29) is 5.91 Å². The first-order valence-electron chi connectivity index (χ1n) is 6.99. The topological polar surface area (TPSA) is 67.6 Å². The summed E-state index contributed by atoms with van der Waals surface area (Å²) in [4.78, 5) is 14.1. The molecule has 0 aromatic carbocycles. The Morgan fingerprint density at radius 1 is 1.33 bits per heavy atom. The summed E-state index contributed by atoms with van der Waals surface area (Å²) < 4.78 is 5.41. The van der Waals surface area contributed by atoms with Crippen LogP contribution in [0.2, 0.25) is 0 Å². The van der Waals surface area contributed by atoms with Crippen molar-refractivity contribution in [2.45, 2.75) is 38.6 Å². The fraction of sp³-hybridized carbons (Fsp3) is 0.923. The maximum absolute atomic E-state index is 11.7. The minimum atomic E-state index is -0.566. The molecule has 0 spiro atoms. The second-order valence-corrected chi connectivity index (χ2v) is 4.87. The lowest BCUT2D eigenvalue weighted by Crippen LogP contribution is -2.57. The van der Waals surface area contributed by atoms with Crippen LogP contribution in [0.1, 0.15) is 33.1 Å². The number of likely N-dealkylation sites (N-methyl/N-ethyl adjacent to an activating group) is 1. The molecule has 1 rings (SSSR count). The van der Waals surface area contributed by atoms with Crippen molar-refractivity contribution in [2.75, 3.05) is 39.4 Å². The van der Waals surface area contributed by atoms with Crippen LogP contribution < -0.4 is 11.1 Å². The Hall–Kier alpha value is -0.650. The van der Waals surface area contributed by atoms with Gasteiger partial charge in [-0.1, -0.05) is 13.8 Å². The molecule has 1 amide bonds. The van der Waals surface area contributed by atoms with E-state index in [1.165, 1.54) is 0 Å². The first kappa shape index (κ1) is 15.4. The van der Waals surface area contributed by atoms with Crippen molar-refractivity contribution >= 4 is 5.91 Å². The summed E-state index contributed by atoms with van der Waals surface area (Å²) in [6.07, 6.45) is 2.35. The molecule has 1 saturated heterocycles. The predicted molar refractivity (Wildman–Crippen MR) is 72.4 cm³/mol. The van der Waals surface area contributed by atoms with E-state index in [0.29, 0.717) is 13.0 Å². The largest absolute Gasteiger partial charge is 0.381 e. The molecule has 106 valence electrons. The summed E-state index contributed by atoms with van der Waals surface area (Å²) in [5.41, 5.74) is 5.02. The van der Waals surface area contributed by atoms with Gasteiger partial charge in [-0.05, 0) is 32.4 Å². The van der Waals surface area contributed by atoms with E-state index < -0.39 is 5.54 Å². The number of nitrogens with one attached hydrogen (secondary N) is 1. The van der Waals surface area contributed by atoms with Crippen LogP contribution in [-0.2, 0) is 9.53 Å². The van der Waals surface area contributed by atoms with Crippen molar-refractivity contribution in [3.63, 3.8) is 0 Å². The molecule has 0 aromatic heterocycles. The number of carbonyl (C=O) groups excluding carboxylic acids is 1. The third kappa shape index (κ3) is 4.23. The molecule has 3 N–H and O–H groups in total. The van der Waals surface area contributed by atoms with E-state index in [1.54, 1.807) is 0 Å². The first-order valence-corrected chi connectivity index (χ1v) is 6.99. The number of rotatable bonds is 7. The van der Waals surface area contributed by atoms with Gasteiger partial charge in [-0.3, -0.25) is 4.79 Å². The van der Waals surface area contributed by atoms with Crippen molar-refractivity contribution in [3.8, 4) is 0 Å². The lowest BCUT2D eigenvalue weighted by molar-refractivity contribution is -0.125. The van der Waals surface area contributed by atoms with E-state index in [1.807, 2.05) is 0 Å². The number of nitrogens with two attached hydrogens (primary N) is 1.